The second-order valence-corrected chi connectivity index (χ2v) is 9.79. The average Bonchev–Trinajstić information content (AvgIpc) is 3.60. The van der Waals surface area contributed by atoms with Crippen LogP contribution in [0, 0.1) is 0 Å². The summed E-state index contributed by atoms with van der Waals surface area (Å²) in [6.07, 6.45) is 3.71. The SMILES string of the molecule is COc1ccc(N(C(=O)c2snc(C(N)=O)c2N)C(C(=O)NC2CCCC2)c2ccc(OC)cc2OC)cc1. The lowest BCUT2D eigenvalue weighted by Gasteiger charge is -2.33. The lowest BCUT2D eigenvalue weighted by Crippen LogP contribution is -2.46. The molecule has 2 aromatic carbocycles. The Hall–Kier alpha value is -4.32. The van der Waals surface area contributed by atoms with Crippen molar-refractivity contribution in [2.24, 2.45) is 5.73 Å². The highest BCUT2D eigenvalue weighted by Gasteiger charge is 2.38. The first kappa shape index (κ1) is 27.7. The topological polar surface area (TPSA) is 159 Å². The summed E-state index contributed by atoms with van der Waals surface area (Å²) in [7, 11) is 4.53. The first-order valence-corrected chi connectivity index (χ1v) is 13.1. The van der Waals surface area contributed by atoms with Crippen molar-refractivity contribution in [3.63, 3.8) is 0 Å². The standard InChI is InChI=1S/C27H31N5O6S/c1-36-17-10-8-16(9-11-17)32(27(35)24-21(28)22(25(29)33)31-39-24)23(26(34)30-15-6-4-5-7-15)19-13-12-18(37-2)14-20(19)38-3/h8-15,23H,4-7,28H2,1-3H3,(H2,29,33)(H,30,34). The predicted octanol–water partition coefficient (Wildman–Crippen LogP) is 3.30. The molecule has 1 aliphatic carbocycles. The minimum atomic E-state index is -1.18. The van der Waals surface area contributed by atoms with Crippen LogP contribution in [0.3, 0.4) is 0 Å². The zero-order chi connectivity index (χ0) is 28.1. The second kappa shape index (κ2) is 12.0. The van der Waals surface area contributed by atoms with E-state index in [-0.39, 0.29) is 22.3 Å². The fourth-order valence-electron chi connectivity index (χ4n) is 4.66. The van der Waals surface area contributed by atoms with E-state index in [0.29, 0.717) is 28.5 Å². The Morgan fingerprint density at radius 1 is 1.00 bits per heavy atom. The summed E-state index contributed by atoms with van der Waals surface area (Å²) in [5, 5.41) is 3.11. The van der Waals surface area contributed by atoms with Crippen molar-refractivity contribution < 1.29 is 28.6 Å². The Morgan fingerprint density at radius 2 is 1.64 bits per heavy atom. The molecule has 39 heavy (non-hydrogen) atoms. The van der Waals surface area contributed by atoms with Crippen molar-refractivity contribution in [3.05, 3.63) is 58.6 Å². The third-order valence-corrected chi connectivity index (χ3v) is 7.52. The van der Waals surface area contributed by atoms with E-state index >= 15 is 0 Å². The minimum Gasteiger partial charge on any atom is -0.497 e. The Morgan fingerprint density at radius 3 is 2.21 bits per heavy atom. The van der Waals surface area contributed by atoms with E-state index < -0.39 is 23.8 Å². The summed E-state index contributed by atoms with van der Waals surface area (Å²) in [4.78, 5) is 41.4. The number of amides is 3. The maximum atomic E-state index is 14.2. The van der Waals surface area contributed by atoms with Gasteiger partial charge in [-0.05, 0) is 60.8 Å². The number of primary amides is 1. The number of nitrogens with one attached hydrogen (secondary N) is 1. The van der Waals surface area contributed by atoms with Crippen LogP contribution in [0.4, 0.5) is 11.4 Å². The molecule has 1 heterocycles. The molecule has 206 valence electrons. The second-order valence-electron chi connectivity index (χ2n) is 9.01. The molecule has 1 aromatic heterocycles. The third-order valence-electron chi connectivity index (χ3n) is 6.67. The number of nitrogens with zero attached hydrogens (tertiary/aromatic N) is 2. The summed E-state index contributed by atoms with van der Waals surface area (Å²) < 4.78 is 20.3. The van der Waals surface area contributed by atoms with Gasteiger partial charge < -0.3 is 31.0 Å². The molecule has 5 N–H and O–H groups in total. The van der Waals surface area contributed by atoms with Crippen LogP contribution in [0.25, 0.3) is 0 Å². The van der Waals surface area contributed by atoms with Gasteiger partial charge in [0, 0.05) is 23.4 Å². The van der Waals surface area contributed by atoms with Crippen molar-refractivity contribution in [1.29, 1.82) is 0 Å². The number of nitrogen functional groups attached to an aromatic ring is 1. The molecule has 0 bridgehead atoms. The molecule has 1 aliphatic rings. The van der Waals surface area contributed by atoms with Gasteiger partial charge in [0.15, 0.2) is 5.69 Å². The Balaban J connectivity index is 1.91. The number of benzene rings is 2. The number of rotatable bonds is 10. The smallest absolute Gasteiger partial charge is 0.273 e. The number of methoxy groups -OCH3 is 3. The molecule has 0 saturated heterocycles. The number of hydrogen-bond donors (Lipinski definition) is 3. The molecule has 0 radical (unpaired) electrons. The van der Waals surface area contributed by atoms with E-state index in [2.05, 4.69) is 9.69 Å². The molecule has 3 aromatic rings. The number of carbonyl (C=O) groups excluding carboxylic acids is 3. The molecular weight excluding hydrogens is 522 g/mol. The molecule has 12 heteroatoms. The van der Waals surface area contributed by atoms with Crippen LogP contribution in [0.15, 0.2) is 42.5 Å². The van der Waals surface area contributed by atoms with E-state index in [1.165, 1.54) is 26.2 Å². The monoisotopic (exact) mass is 553 g/mol. The van der Waals surface area contributed by atoms with Crippen LogP contribution < -0.4 is 35.9 Å². The van der Waals surface area contributed by atoms with Crippen LogP contribution in [-0.4, -0.2) is 49.5 Å². The van der Waals surface area contributed by atoms with Gasteiger partial charge in [-0.3, -0.25) is 19.3 Å². The van der Waals surface area contributed by atoms with Crippen LogP contribution in [0.2, 0.25) is 0 Å². The van der Waals surface area contributed by atoms with E-state index in [0.717, 1.165) is 37.2 Å². The van der Waals surface area contributed by atoms with Crippen molar-refractivity contribution in [1.82, 2.24) is 9.69 Å². The quantitative estimate of drug-likeness (QED) is 0.345. The van der Waals surface area contributed by atoms with E-state index in [1.54, 1.807) is 42.5 Å². The van der Waals surface area contributed by atoms with Gasteiger partial charge in [0.25, 0.3) is 11.8 Å². The molecule has 4 rings (SSSR count). The number of hydrogen-bond acceptors (Lipinski definition) is 9. The van der Waals surface area contributed by atoms with Gasteiger partial charge in [0.1, 0.15) is 28.2 Å². The van der Waals surface area contributed by atoms with Crippen molar-refractivity contribution >= 4 is 40.6 Å². The number of aromatic nitrogens is 1. The molecule has 1 unspecified atom stereocenters. The molecule has 11 nitrogen and oxygen atoms in total. The summed E-state index contributed by atoms with van der Waals surface area (Å²) in [6.45, 7) is 0. The summed E-state index contributed by atoms with van der Waals surface area (Å²) in [6, 6.07) is 10.5. The van der Waals surface area contributed by atoms with Gasteiger partial charge in [-0.2, -0.15) is 4.37 Å². The zero-order valence-electron chi connectivity index (χ0n) is 21.9. The van der Waals surface area contributed by atoms with Crippen molar-refractivity contribution in [2.45, 2.75) is 37.8 Å². The summed E-state index contributed by atoms with van der Waals surface area (Å²) in [5.41, 5.74) is 12.0. The molecule has 3 amide bonds. The fraction of sp³-hybridized carbons (Fsp3) is 0.333. The van der Waals surface area contributed by atoms with Crippen LogP contribution in [-0.2, 0) is 4.79 Å². The van der Waals surface area contributed by atoms with E-state index in [4.69, 9.17) is 25.7 Å². The van der Waals surface area contributed by atoms with Crippen LogP contribution >= 0.6 is 11.5 Å². The molecular formula is C27H31N5O6S. The van der Waals surface area contributed by atoms with Gasteiger partial charge in [-0.1, -0.05) is 12.8 Å². The maximum Gasteiger partial charge on any atom is 0.273 e. The van der Waals surface area contributed by atoms with Gasteiger partial charge in [0.2, 0.25) is 5.91 Å². The lowest BCUT2D eigenvalue weighted by atomic mass is 10.00. The predicted molar refractivity (Wildman–Crippen MR) is 148 cm³/mol. The number of nitrogens with two attached hydrogens (primary N) is 2. The largest absolute Gasteiger partial charge is 0.497 e. The van der Waals surface area contributed by atoms with Gasteiger partial charge >= 0.3 is 0 Å². The highest BCUT2D eigenvalue weighted by atomic mass is 32.1. The average molecular weight is 554 g/mol. The normalized spacial score (nSPS) is 13.9. The molecule has 1 fully saturated rings. The summed E-state index contributed by atoms with van der Waals surface area (Å²) >= 11 is 0.742. The third kappa shape index (κ3) is 5.75. The van der Waals surface area contributed by atoms with Gasteiger partial charge in [-0.15, -0.1) is 0 Å². The maximum absolute atomic E-state index is 14.2. The molecule has 1 saturated carbocycles. The van der Waals surface area contributed by atoms with E-state index in [1.807, 2.05) is 0 Å². The zero-order valence-corrected chi connectivity index (χ0v) is 22.7. The van der Waals surface area contributed by atoms with Crippen LogP contribution in [0.5, 0.6) is 17.2 Å². The fourth-order valence-corrected chi connectivity index (χ4v) is 5.40. The first-order chi connectivity index (χ1) is 18.8. The number of carbonyl (C=O) groups is 3. The Labute approximate surface area is 230 Å². The molecule has 0 spiro atoms. The molecule has 0 aliphatic heterocycles. The lowest BCUT2D eigenvalue weighted by molar-refractivity contribution is -0.123. The highest BCUT2D eigenvalue weighted by molar-refractivity contribution is 7.09. The number of anilines is 2. The minimum absolute atomic E-state index is 0.0213. The van der Waals surface area contributed by atoms with E-state index in [9.17, 15) is 14.4 Å². The van der Waals surface area contributed by atoms with Gasteiger partial charge in [-0.25, -0.2) is 0 Å². The van der Waals surface area contributed by atoms with Crippen molar-refractivity contribution in [2.75, 3.05) is 32.0 Å². The van der Waals surface area contributed by atoms with Gasteiger partial charge in [0.05, 0.1) is 27.0 Å². The van der Waals surface area contributed by atoms with Crippen LogP contribution in [0.1, 0.15) is 57.4 Å². The first-order valence-electron chi connectivity index (χ1n) is 12.3. The molecule has 1 atom stereocenters. The number of ether oxygens (including phenoxy) is 3. The summed E-state index contributed by atoms with van der Waals surface area (Å²) in [5.74, 6) is -0.451. The Bertz CT molecular complexity index is 1350. The van der Waals surface area contributed by atoms with Crippen molar-refractivity contribution in [3.8, 4) is 17.2 Å². The Kier molecular flexibility index (Phi) is 8.55. The highest BCUT2D eigenvalue weighted by Crippen LogP contribution is 2.38.